The second-order valence-corrected chi connectivity index (χ2v) is 8.86. The number of carbonyl (C=O) groups excluding carboxylic acids is 1. The third-order valence-electron chi connectivity index (χ3n) is 4.58. The largest absolute Gasteiger partial charge is 0.486 e. The van der Waals surface area contributed by atoms with Gasteiger partial charge in [0.05, 0.1) is 15.6 Å². The molecule has 4 rings (SSSR count). The Kier molecular flexibility index (Phi) is 6.01. The molecule has 0 saturated heterocycles. The van der Waals surface area contributed by atoms with Gasteiger partial charge in [0, 0.05) is 12.1 Å². The lowest BCUT2D eigenvalue weighted by atomic mass is 10.1. The van der Waals surface area contributed by atoms with Crippen molar-refractivity contribution in [2.75, 3.05) is 17.9 Å². The molecule has 160 valence electrons. The number of hydrogen-bond acceptors (Lipinski definition) is 5. The fourth-order valence-corrected chi connectivity index (χ4v) is 4.40. The van der Waals surface area contributed by atoms with Crippen molar-refractivity contribution in [1.82, 2.24) is 5.32 Å². The molecule has 0 atom stereocenters. The van der Waals surface area contributed by atoms with E-state index in [1.165, 1.54) is 18.2 Å². The van der Waals surface area contributed by atoms with Crippen LogP contribution in [0.15, 0.2) is 71.6 Å². The number of fused-ring (bicyclic) bond motifs is 1. The van der Waals surface area contributed by atoms with Crippen LogP contribution in [0, 0.1) is 0 Å². The molecule has 7 nitrogen and oxygen atoms in total. The van der Waals surface area contributed by atoms with Crippen molar-refractivity contribution in [3.63, 3.8) is 0 Å². The third kappa shape index (κ3) is 4.92. The Labute approximate surface area is 185 Å². The summed E-state index contributed by atoms with van der Waals surface area (Å²) in [4.78, 5) is 12.6. The highest BCUT2D eigenvalue weighted by atomic mass is 35.5. The third-order valence-corrected chi connectivity index (χ3v) is 6.28. The Morgan fingerprint density at radius 1 is 0.935 bits per heavy atom. The van der Waals surface area contributed by atoms with Crippen LogP contribution in [0.3, 0.4) is 0 Å². The van der Waals surface area contributed by atoms with Crippen molar-refractivity contribution >= 4 is 33.2 Å². The number of sulfonamides is 1. The monoisotopic (exact) mass is 458 g/mol. The van der Waals surface area contributed by atoms with E-state index in [2.05, 4.69) is 10.0 Å². The minimum absolute atomic E-state index is 0.0422. The quantitative estimate of drug-likeness (QED) is 0.585. The molecule has 9 heteroatoms. The SMILES string of the molecule is O=C(NCc1ccc2c(c1)OCCO2)c1cccc(S(=O)(=O)Nc2ccccc2Cl)c1. The number of nitrogens with one attached hydrogen (secondary N) is 2. The lowest BCUT2D eigenvalue weighted by Gasteiger charge is -2.19. The Hall–Kier alpha value is -3.23. The molecule has 31 heavy (non-hydrogen) atoms. The van der Waals surface area contributed by atoms with Gasteiger partial charge in [-0.05, 0) is 48.0 Å². The number of benzene rings is 3. The zero-order valence-corrected chi connectivity index (χ0v) is 17.9. The summed E-state index contributed by atoms with van der Waals surface area (Å²) in [6.45, 7) is 1.24. The van der Waals surface area contributed by atoms with Crippen molar-refractivity contribution in [1.29, 1.82) is 0 Å². The topological polar surface area (TPSA) is 93.7 Å². The first-order valence-corrected chi connectivity index (χ1v) is 11.3. The van der Waals surface area contributed by atoms with Gasteiger partial charge < -0.3 is 14.8 Å². The summed E-state index contributed by atoms with van der Waals surface area (Å²) in [5.74, 6) is 0.909. The Morgan fingerprint density at radius 3 is 2.52 bits per heavy atom. The Balaban J connectivity index is 1.46. The summed E-state index contributed by atoms with van der Waals surface area (Å²) >= 11 is 6.04. The Morgan fingerprint density at radius 2 is 1.71 bits per heavy atom. The van der Waals surface area contributed by atoms with Gasteiger partial charge in [-0.25, -0.2) is 8.42 Å². The van der Waals surface area contributed by atoms with E-state index >= 15 is 0 Å². The molecule has 0 aliphatic carbocycles. The molecular formula is C22H19ClN2O5S. The molecule has 0 saturated carbocycles. The predicted octanol–water partition coefficient (Wildman–Crippen LogP) is 3.84. The van der Waals surface area contributed by atoms with Crippen molar-refractivity contribution in [2.45, 2.75) is 11.4 Å². The first-order chi connectivity index (χ1) is 14.9. The van der Waals surface area contributed by atoms with Crippen LogP contribution in [0.2, 0.25) is 5.02 Å². The van der Waals surface area contributed by atoms with Crippen LogP contribution >= 0.6 is 11.6 Å². The fraction of sp³-hybridized carbons (Fsp3) is 0.136. The maximum absolute atomic E-state index is 12.7. The first-order valence-electron chi connectivity index (χ1n) is 9.46. The molecule has 1 aliphatic heterocycles. The molecule has 1 aliphatic rings. The second kappa shape index (κ2) is 8.87. The number of halogens is 1. The highest BCUT2D eigenvalue weighted by molar-refractivity contribution is 7.92. The average molecular weight is 459 g/mol. The van der Waals surface area contributed by atoms with Crippen molar-refractivity contribution < 1.29 is 22.7 Å². The Bertz CT molecular complexity index is 1230. The lowest BCUT2D eigenvalue weighted by molar-refractivity contribution is 0.0950. The van der Waals surface area contributed by atoms with Gasteiger partial charge in [0.25, 0.3) is 15.9 Å². The highest BCUT2D eigenvalue weighted by Gasteiger charge is 2.18. The molecule has 1 heterocycles. The predicted molar refractivity (Wildman–Crippen MR) is 117 cm³/mol. The van der Waals surface area contributed by atoms with Gasteiger partial charge in [-0.2, -0.15) is 0 Å². The second-order valence-electron chi connectivity index (χ2n) is 6.77. The number of hydrogen-bond donors (Lipinski definition) is 2. The van der Waals surface area contributed by atoms with E-state index in [0.29, 0.717) is 24.7 Å². The summed E-state index contributed by atoms with van der Waals surface area (Å²) in [5, 5.41) is 3.07. The average Bonchev–Trinajstić information content (AvgIpc) is 2.79. The lowest BCUT2D eigenvalue weighted by Crippen LogP contribution is -2.23. The van der Waals surface area contributed by atoms with Gasteiger partial charge in [0.15, 0.2) is 11.5 Å². The minimum atomic E-state index is -3.91. The van der Waals surface area contributed by atoms with E-state index in [9.17, 15) is 13.2 Å². The van der Waals surface area contributed by atoms with E-state index in [1.54, 1.807) is 36.4 Å². The minimum Gasteiger partial charge on any atom is -0.486 e. The van der Waals surface area contributed by atoms with Gasteiger partial charge in [-0.1, -0.05) is 35.9 Å². The zero-order chi connectivity index (χ0) is 21.8. The zero-order valence-electron chi connectivity index (χ0n) is 16.3. The van der Waals surface area contributed by atoms with E-state index < -0.39 is 15.9 Å². The van der Waals surface area contributed by atoms with Crippen molar-refractivity contribution in [3.8, 4) is 11.5 Å². The number of ether oxygens (including phenoxy) is 2. The maximum Gasteiger partial charge on any atom is 0.261 e. The van der Waals surface area contributed by atoms with Crippen LogP contribution in [0.4, 0.5) is 5.69 Å². The molecule has 0 fully saturated rings. The molecule has 0 spiro atoms. The number of rotatable bonds is 6. The molecule has 0 aromatic heterocycles. The van der Waals surface area contributed by atoms with E-state index in [1.807, 2.05) is 12.1 Å². The van der Waals surface area contributed by atoms with Crippen molar-refractivity contribution in [2.24, 2.45) is 0 Å². The smallest absolute Gasteiger partial charge is 0.261 e. The molecule has 3 aromatic carbocycles. The molecule has 2 N–H and O–H groups in total. The number of carbonyl (C=O) groups is 1. The van der Waals surface area contributed by atoms with Crippen molar-refractivity contribution in [3.05, 3.63) is 82.9 Å². The van der Waals surface area contributed by atoms with Crippen LogP contribution in [-0.2, 0) is 16.6 Å². The normalized spacial score (nSPS) is 12.8. The summed E-state index contributed by atoms with van der Waals surface area (Å²) in [6.07, 6.45) is 0. The maximum atomic E-state index is 12.7. The molecule has 1 amide bonds. The van der Waals surface area contributed by atoms with Crippen LogP contribution in [-0.4, -0.2) is 27.5 Å². The van der Waals surface area contributed by atoms with E-state index in [-0.39, 0.29) is 27.7 Å². The molecule has 3 aromatic rings. The van der Waals surface area contributed by atoms with Gasteiger partial charge in [0.2, 0.25) is 0 Å². The molecule has 0 unspecified atom stereocenters. The summed E-state index contributed by atoms with van der Waals surface area (Å²) in [7, 11) is -3.91. The van der Waals surface area contributed by atoms with Crippen LogP contribution < -0.4 is 19.5 Å². The first kappa shape index (κ1) is 21.0. The summed E-state index contributed by atoms with van der Waals surface area (Å²) in [5.41, 5.74) is 1.32. The molecular weight excluding hydrogens is 440 g/mol. The molecule has 0 bridgehead atoms. The van der Waals surface area contributed by atoms with E-state index in [0.717, 1.165) is 5.56 Å². The van der Waals surface area contributed by atoms with E-state index in [4.69, 9.17) is 21.1 Å². The highest BCUT2D eigenvalue weighted by Crippen LogP contribution is 2.30. The fourth-order valence-electron chi connectivity index (χ4n) is 3.03. The molecule has 0 radical (unpaired) electrons. The van der Waals surface area contributed by atoms with Gasteiger partial charge >= 0.3 is 0 Å². The van der Waals surface area contributed by atoms with Crippen LogP contribution in [0.25, 0.3) is 0 Å². The van der Waals surface area contributed by atoms with Gasteiger partial charge in [-0.15, -0.1) is 0 Å². The number of amides is 1. The van der Waals surface area contributed by atoms with Crippen LogP contribution in [0.1, 0.15) is 15.9 Å². The standard InChI is InChI=1S/C22H19ClN2O5S/c23-18-6-1-2-7-19(18)25-31(27,28)17-5-3-4-16(13-17)22(26)24-14-15-8-9-20-21(12-15)30-11-10-29-20/h1-9,12-13,25H,10-11,14H2,(H,24,26). The number of anilines is 1. The summed E-state index contributed by atoms with van der Waals surface area (Å²) in [6, 6.07) is 17.8. The van der Waals surface area contributed by atoms with Gasteiger partial charge in [-0.3, -0.25) is 9.52 Å². The van der Waals surface area contributed by atoms with Gasteiger partial charge in [0.1, 0.15) is 13.2 Å². The number of para-hydroxylation sites is 1. The van der Waals surface area contributed by atoms with Crippen LogP contribution in [0.5, 0.6) is 11.5 Å². The summed E-state index contributed by atoms with van der Waals surface area (Å²) < 4.78 is 38.9.